The molecule has 1 aromatic heterocycles. The Morgan fingerprint density at radius 1 is 1.26 bits per heavy atom. The molecular formula is C20H23N3O3S. The van der Waals surface area contributed by atoms with Crippen LogP contribution in [0, 0.1) is 6.92 Å². The average Bonchev–Trinajstić information content (AvgIpc) is 3.51. The van der Waals surface area contributed by atoms with Gasteiger partial charge in [-0.05, 0) is 32.3 Å². The highest BCUT2D eigenvalue weighted by Gasteiger charge is 2.29. The van der Waals surface area contributed by atoms with Crippen molar-refractivity contribution in [3.63, 3.8) is 0 Å². The summed E-state index contributed by atoms with van der Waals surface area (Å²) in [5.74, 6) is 0.691. The summed E-state index contributed by atoms with van der Waals surface area (Å²) < 4.78 is 4.87. The molecular weight excluding hydrogens is 362 g/mol. The molecule has 1 aliphatic carbocycles. The lowest BCUT2D eigenvalue weighted by Gasteiger charge is -2.15. The van der Waals surface area contributed by atoms with Crippen LogP contribution in [-0.4, -0.2) is 34.7 Å². The molecule has 1 fully saturated rings. The molecule has 6 nitrogen and oxygen atoms in total. The number of hydrogen-bond donors (Lipinski definition) is 1. The quantitative estimate of drug-likeness (QED) is 0.447. The summed E-state index contributed by atoms with van der Waals surface area (Å²) in [6, 6.07) is 9.69. The summed E-state index contributed by atoms with van der Waals surface area (Å²) >= 11 is 1.25. The lowest BCUT2D eigenvalue weighted by molar-refractivity contribution is -0.119. The fourth-order valence-electron chi connectivity index (χ4n) is 2.78. The molecule has 1 saturated carbocycles. The van der Waals surface area contributed by atoms with Crippen molar-refractivity contribution in [3.05, 3.63) is 53.0 Å². The smallest absolute Gasteiger partial charge is 0.342 e. The normalized spacial score (nSPS) is 14.5. The number of nitrogens with zero attached hydrogens (tertiary/aromatic N) is 2. The van der Waals surface area contributed by atoms with E-state index in [-0.39, 0.29) is 17.7 Å². The molecule has 0 spiro atoms. The summed E-state index contributed by atoms with van der Waals surface area (Å²) in [4.78, 5) is 33.5. The van der Waals surface area contributed by atoms with E-state index in [0.717, 1.165) is 24.2 Å². The molecule has 1 N–H and O–H groups in total. The molecule has 7 heteroatoms. The second-order valence-corrected chi connectivity index (χ2v) is 7.57. The average molecular weight is 385 g/mol. The standard InChI is InChI=1S/C20H23N3O3S/c1-12(14-7-5-4-6-8-14)21-16(24)11-27-19-17(20(25)26-3)13(2)22-18(23-19)15-9-10-15/h4-8,12,15H,9-11H2,1-3H3,(H,21,24)/t12-/m0/s1. The Hall–Kier alpha value is -2.41. The molecule has 1 aromatic carbocycles. The van der Waals surface area contributed by atoms with Crippen LogP contribution in [0.2, 0.25) is 0 Å². The SMILES string of the molecule is COC(=O)c1c(C)nc(C2CC2)nc1SCC(=O)N[C@@H](C)c1ccccc1. The number of thioether (sulfide) groups is 1. The van der Waals surface area contributed by atoms with E-state index < -0.39 is 5.97 Å². The second-order valence-electron chi connectivity index (χ2n) is 6.60. The molecule has 1 heterocycles. The lowest BCUT2D eigenvalue weighted by atomic mass is 10.1. The van der Waals surface area contributed by atoms with Crippen LogP contribution < -0.4 is 5.32 Å². The van der Waals surface area contributed by atoms with Crippen molar-refractivity contribution in [1.29, 1.82) is 0 Å². The molecule has 0 bridgehead atoms. The first-order chi connectivity index (χ1) is 13.0. The van der Waals surface area contributed by atoms with Gasteiger partial charge in [0.15, 0.2) is 0 Å². The number of aromatic nitrogens is 2. The summed E-state index contributed by atoms with van der Waals surface area (Å²) in [6.07, 6.45) is 2.13. The van der Waals surface area contributed by atoms with Crippen LogP contribution >= 0.6 is 11.8 Å². The van der Waals surface area contributed by atoms with E-state index in [9.17, 15) is 9.59 Å². The number of ether oxygens (including phenoxy) is 1. The van der Waals surface area contributed by atoms with Gasteiger partial charge in [0.2, 0.25) is 5.91 Å². The Labute approximate surface area is 163 Å². The lowest BCUT2D eigenvalue weighted by Crippen LogP contribution is -2.28. The number of benzene rings is 1. The van der Waals surface area contributed by atoms with Crippen LogP contribution in [0.5, 0.6) is 0 Å². The van der Waals surface area contributed by atoms with Gasteiger partial charge in [0, 0.05) is 5.92 Å². The highest BCUT2D eigenvalue weighted by molar-refractivity contribution is 8.00. The minimum Gasteiger partial charge on any atom is -0.465 e. The predicted molar refractivity (Wildman–Crippen MR) is 104 cm³/mol. The minimum atomic E-state index is -0.476. The van der Waals surface area contributed by atoms with Gasteiger partial charge in [-0.3, -0.25) is 4.79 Å². The van der Waals surface area contributed by atoms with Gasteiger partial charge in [0.05, 0.1) is 24.6 Å². The van der Waals surface area contributed by atoms with Gasteiger partial charge < -0.3 is 10.1 Å². The monoisotopic (exact) mass is 385 g/mol. The van der Waals surface area contributed by atoms with Gasteiger partial charge in [-0.25, -0.2) is 14.8 Å². The van der Waals surface area contributed by atoms with Crippen molar-refractivity contribution in [3.8, 4) is 0 Å². The molecule has 1 atom stereocenters. The zero-order valence-corrected chi connectivity index (χ0v) is 16.5. The third-order valence-corrected chi connectivity index (χ3v) is 5.40. The van der Waals surface area contributed by atoms with Crippen LogP contribution in [0.1, 0.15) is 59.2 Å². The molecule has 3 rings (SSSR count). The summed E-state index contributed by atoms with van der Waals surface area (Å²) in [5.41, 5.74) is 1.98. The number of methoxy groups -OCH3 is 1. The second kappa shape index (κ2) is 8.52. The van der Waals surface area contributed by atoms with Crippen LogP contribution in [0.25, 0.3) is 0 Å². The van der Waals surface area contributed by atoms with E-state index in [1.54, 1.807) is 6.92 Å². The molecule has 0 unspecified atom stereocenters. The fraction of sp³-hybridized carbons (Fsp3) is 0.400. The van der Waals surface area contributed by atoms with E-state index in [2.05, 4.69) is 15.3 Å². The molecule has 0 radical (unpaired) electrons. The first-order valence-electron chi connectivity index (χ1n) is 8.93. The molecule has 1 aliphatic rings. The number of nitrogens with one attached hydrogen (secondary N) is 1. The Morgan fingerprint density at radius 3 is 2.59 bits per heavy atom. The fourth-order valence-corrected chi connectivity index (χ4v) is 3.66. The van der Waals surface area contributed by atoms with E-state index in [0.29, 0.717) is 22.2 Å². The van der Waals surface area contributed by atoms with Gasteiger partial charge in [0.1, 0.15) is 16.4 Å². The van der Waals surface area contributed by atoms with Gasteiger partial charge in [0.25, 0.3) is 0 Å². The number of carbonyl (C=O) groups is 2. The zero-order valence-electron chi connectivity index (χ0n) is 15.7. The largest absolute Gasteiger partial charge is 0.465 e. The van der Waals surface area contributed by atoms with Crippen LogP contribution in [0.15, 0.2) is 35.4 Å². The maximum Gasteiger partial charge on any atom is 0.342 e. The van der Waals surface area contributed by atoms with E-state index in [4.69, 9.17) is 4.74 Å². The van der Waals surface area contributed by atoms with Gasteiger partial charge in [-0.2, -0.15) is 0 Å². The van der Waals surface area contributed by atoms with Crippen molar-refractivity contribution in [2.75, 3.05) is 12.9 Å². The Bertz CT molecular complexity index is 838. The van der Waals surface area contributed by atoms with Crippen molar-refractivity contribution < 1.29 is 14.3 Å². The van der Waals surface area contributed by atoms with Crippen LogP contribution in [0.4, 0.5) is 0 Å². The Kier molecular flexibility index (Phi) is 6.11. The van der Waals surface area contributed by atoms with Crippen molar-refractivity contribution >= 4 is 23.6 Å². The predicted octanol–water partition coefficient (Wildman–Crippen LogP) is 3.42. The zero-order chi connectivity index (χ0) is 19.4. The molecule has 1 amide bonds. The van der Waals surface area contributed by atoms with Gasteiger partial charge in [-0.15, -0.1) is 0 Å². The first-order valence-corrected chi connectivity index (χ1v) is 9.92. The van der Waals surface area contributed by atoms with Crippen molar-refractivity contribution in [2.24, 2.45) is 0 Å². The van der Waals surface area contributed by atoms with Crippen LogP contribution in [0.3, 0.4) is 0 Å². The number of carbonyl (C=O) groups excluding carboxylic acids is 2. The van der Waals surface area contributed by atoms with Gasteiger partial charge in [-0.1, -0.05) is 42.1 Å². The molecule has 0 aliphatic heterocycles. The summed E-state index contributed by atoms with van der Waals surface area (Å²) in [5, 5.41) is 3.49. The number of amides is 1. The molecule has 0 saturated heterocycles. The molecule has 27 heavy (non-hydrogen) atoms. The minimum absolute atomic E-state index is 0.0893. The van der Waals surface area contributed by atoms with Crippen molar-refractivity contribution in [1.82, 2.24) is 15.3 Å². The first kappa shape index (κ1) is 19.4. The summed E-state index contributed by atoms with van der Waals surface area (Å²) in [6.45, 7) is 3.72. The number of hydrogen-bond acceptors (Lipinski definition) is 6. The Balaban J connectivity index is 1.70. The summed E-state index contributed by atoms with van der Waals surface area (Å²) in [7, 11) is 1.33. The third kappa shape index (κ3) is 4.86. The van der Waals surface area contributed by atoms with Gasteiger partial charge >= 0.3 is 5.97 Å². The highest BCUT2D eigenvalue weighted by Crippen LogP contribution is 2.39. The number of rotatable bonds is 7. The van der Waals surface area contributed by atoms with Crippen LogP contribution in [-0.2, 0) is 9.53 Å². The van der Waals surface area contributed by atoms with E-state index in [1.165, 1.54) is 18.9 Å². The van der Waals surface area contributed by atoms with E-state index in [1.807, 2.05) is 37.3 Å². The third-order valence-electron chi connectivity index (χ3n) is 4.42. The number of esters is 1. The Morgan fingerprint density at radius 2 is 1.96 bits per heavy atom. The van der Waals surface area contributed by atoms with E-state index >= 15 is 0 Å². The molecule has 2 aromatic rings. The topological polar surface area (TPSA) is 81.2 Å². The maximum absolute atomic E-state index is 12.4. The number of aryl methyl sites for hydroxylation is 1. The highest BCUT2D eigenvalue weighted by atomic mass is 32.2. The maximum atomic E-state index is 12.4. The molecule has 142 valence electrons. The van der Waals surface area contributed by atoms with Crippen molar-refractivity contribution in [2.45, 2.75) is 43.7 Å².